The minimum atomic E-state index is 0.638. The van der Waals surface area contributed by atoms with Crippen molar-refractivity contribution in [2.45, 2.75) is 25.7 Å². The number of hydrogen-bond donors (Lipinski definition) is 1. The summed E-state index contributed by atoms with van der Waals surface area (Å²) in [5.74, 6) is 1.68. The van der Waals surface area contributed by atoms with Crippen LogP contribution in [0.5, 0.6) is 0 Å². The number of aromatic nitrogens is 3. The van der Waals surface area contributed by atoms with E-state index in [1.165, 1.54) is 25.7 Å². The van der Waals surface area contributed by atoms with Crippen molar-refractivity contribution in [2.24, 2.45) is 0 Å². The average Bonchev–Trinajstić information content (AvgIpc) is 2.91. The van der Waals surface area contributed by atoms with Crippen LogP contribution in [0.3, 0.4) is 0 Å². The highest BCUT2D eigenvalue weighted by molar-refractivity contribution is 5.90. The highest BCUT2D eigenvalue weighted by Crippen LogP contribution is 2.28. The first-order valence-corrected chi connectivity index (χ1v) is 8.59. The van der Waals surface area contributed by atoms with Crippen molar-refractivity contribution in [1.82, 2.24) is 15.0 Å². The van der Waals surface area contributed by atoms with Gasteiger partial charge < -0.3 is 10.2 Å². The quantitative estimate of drug-likeness (QED) is 0.786. The maximum atomic E-state index is 4.84. The predicted octanol–water partition coefficient (Wildman–Crippen LogP) is 4.15. The molecule has 122 valence electrons. The highest BCUT2D eigenvalue weighted by atomic mass is 15.2. The molecule has 0 radical (unpaired) electrons. The Hall–Kier alpha value is -2.69. The Morgan fingerprint density at radius 1 is 0.833 bits per heavy atom. The summed E-state index contributed by atoms with van der Waals surface area (Å²) < 4.78 is 0. The molecule has 3 heterocycles. The summed E-state index contributed by atoms with van der Waals surface area (Å²) >= 11 is 0. The van der Waals surface area contributed by atoms with Crippen LogP contribution < -0.4 is 10.2 Å². The topological polar surface area (TPSA) is 53.9 Å². The lowest BCUT2D eigenvalue weighted by atomic mass is 10.2. The molecule has 1 saturated heterocycles. The third-order valence-corrected chi connectivity index (χ3v) is 4.43. The van der Waals surface area contributed by atoms with E-state index >= 15 is 0 Å². The molecule has 1 aromatic carbocycles. The molecule has 0 unspecified atom stereocenters. The van der Waals surface area contributed by atoms with Crippen molar-refractivity contribution in [1.29, 1.82) is 0 Å². The maximum absolute atomic E-state index is 4.84. The van der Waals surface area contributed by atoms with Crippen molar-refractivity contribution in [3.8, 4) is 0 Å². The van der Waals surface area contributed by atoms with Gasteiger partial charge in [-0.05, 0) is 37.1 Å². The third kappa shape index (κ3) is 3.15. The summed E-state index contributed by atoms with van der Waals surface area (Å²) in [6, 6.07) is 12.1. The van der Waals surface area contributed by atoms with Crippen LogP contribution in [0.15, 0.2) is 48.8 Å². The number of anilines is 3. The normalized spacial score (nSPS) is 15.2. The van der Waals surface area contributed by atoms with E-state index < -0.39 is 0 Å². The standard InChI is InChI=1S/C19H21N5/c1-2-6-14-24(13-5-1)18-16-7-3-4-8-17(16)22-19(23-18)21-15-9-11-20-12-10-15/h3-4,7-12H,1-2,5-6,13-14H2,(H,20,21,22,23). The van der Waals surface area contributed by atoms with E-state index in [1.807, 2.05) is 18.2 Å². The largest absolute Gasteiger partial charge is 0.356 e. The number of benzene rings is 1. The van der Waals surface area contributed by atoms with Crippen LogP contribution in [0.1, 0.15) is 25.7 Å². The molecule has 5 nitrogen and oxygen atoms in total. The van der Waals surface area contributed by atoms with Gasteiger partial charge in [0.15, 0.2) is 0 Å². The first-order valence-electron chi connectivity index (χ1n) is 8.59. The SMILES string of the molecule is c1ccc2c(N3CCCCCC3)nc(Nc3ccncc3)nc2c1. The lowest BCUT2D eigenvalue weighted by Gasteiger charge is -2.23. The third-order valence-electron chi connectivity index (χ3n) is 4.43. The van der Waals surface area contributed by atoms with E-state index in [-0.39, 0.29) is 0 Å². The second kappa shape index (κ2) is 6.83. The Morgan fingerprint density at radius 2 is 1.58 bits per heavy atom. The van der Waals surface area contributed by atoms with Crippen LogP contribution in [-0.2, 0) is 0 Å². The summed E-state index contributed by atoms with van der Waals surface area (Å²) in [6.45, 7) is 2.13. The maximum Gasteiger partial charge on any atom is 0.229 e. The Morgan fingerprint density at radius 3 is 2.38 bits per heavy atom. The fourth-order valence-corrected chi connectivity index (χ4v) is 3.20. The molecule has 0 atom stereocenters. The summed E-state index contributed by atoms with van der Waals surface area (Å²) in [7, 11) is 0. The van der Waals surface area contributed by atoms with Gasteiger partial charge in [-0.1, -0.05) is 25.0 Å². The molecule has 0 bridgehead atoms. The van der Waals surface area contributed by atoms with Gasteiger partial charge in [0.1, 0.15) is 5.82 Å². The number of nitrogens with zero attached hydrogens (tertiary/aromatic N) is 4. The van der Waals surface area contributed by atoms with Gasteiger partial charge in [0.2, 0.25) is 5.95 Å². The number of nitrogens with one attached hydrogen (secondary N) is 1. The fourth-order valence-electron chi connectivity index (χ4n) is 3.20. The first-order chi connectivity index (χ1) is 11.9. The molecule has 2 aromatic heterocycles. The minimum Gasteiger partial charge on any atom is -0.356 e. The van der Waals surface area contributed by atoms with Crippen molar-refractivity contribution >= 4 is 28.4 Å². The van der Waals surface area contributed by atoms with Crippen molar-refractivity contribution in [3.63, 3.8) is 0 Å². The number of hydrogen-bond acceptors (Lipinski definition) is 5. The second-order valence-electron chi connectivity index (χ2n) is 6.15. The van der Waals surface area contributed by atoms with Crippen molar-refractivity contribution in [2.75, 3.05) is 23.3 Å². The van der Waals surface area contributed by atoms with Crippen molar-refractivity contribution < 1.29 is 0 Å². The lowest BCUT2D eigenvalue weighted by Crippen LogP contribution is -2.25. The number of rotatable bonds is 3. The van der Waals surface area contributed by atoms with E-state index in [9.17, 15) is 0 Å². The molecule has 0 aliphatic carbocycles. The Balaban J connectivity index is 1.75. The van der Waals surface area contributed by atoms with Crippen molar-refractivity contribution in [3.05, 3.63) is 48.8 Å². The Kier molecular flexibility index (Phi) is 4.23. The molecule has 4 rings (SSSR count). The van der Waals surface area contributed by atoms with Gasteiger partial charge in [0, 0.05) is 36.6 Å². The fraction of sp³-hybridized carbons (Fsp3) is 0.316. The van der Waals surface area contributed by atoms with E-state index in [1.54, 1.807) is 12.4 Å². The van der Waals surface area contributed by atoms with E-state index in [0.29, 0.717) is 5.95 Å². The molecule has 24 heavy (non-hydrogen) atoms. The molecule has 0 saturated carbocycles. The van der Waals surface area contributed by atoms with Gasteiger partial charge in [-0.25, -0.2) is 4.98 Å². The molecule has 1 fully saturated rings. The van der Waals surface area contributed by atoms with Gasteiger partial charge in [-0.2, -0.15) is 4.98 Å². The molecular weight excluding hydrogens is 298 g/mol. The monoisotopic (exact) mass is 319 g/mol. The van der Waals surface area contributed by atoms with Crippen LogP contribution in [0.4, 0.5) is 17.5 Å². The summed E-state index contributed by atoms with van der Waals surface area (Å²) in [4.78, 5) is 16.0. The molecule has 1 N–H and O–H groups in total. The van der Waals surface area contributed by atoms with Crippen LogP contribution in [0.25, 0.3) is 10.9 Å². The number of para-hydroxylation sites is 1. The van der Waals surface area contributed by atoms with E-state index in [4.69, 9.17) is 4.98 Å². The van der Waals surface area contributed by atoms with Gasteiger partial charge in [0.05, 0.1) is 5.52 Å². The van der Waals surface area contributed by atoms with E-state index in [2.05, 4.69) is 38.4 Å². The molecule has 5 heteroatoms. The van der Waals surface area contributed by atoms with Crippen LogP contribution in [0, 0.1) is 0 Å². The average molecular weight is 319 g/mol. The zero-order valence-corrected chi connectivity index (χ0v) is 13.7. The number of pyridine rings is 1. The van der Waals surface area contributed by atoms with Gasteiger partial charge in [-0.15, -0.1) is 0 Å². The smallest absolute Gasteiger partial charge is 0.229 e. The molecule has 1 aliphatic heterocycles. The zero-order valence-electron chi connectivity index (χ0n) is 13.7. The Bertz CT molecular complexity index is 810. The van der Waals surface area contributed by atoms with Gasteiger partial charge in [0.25, 0.3) is 0 Å². The van der Waals surface area contributed by atoms with E-state index in [0.717, 1.165) is 35.5 Å². The lowest BCUT2D eigenvalue weighted by molar-refractivity contribution is 0.726. The summed E-state index contributed by atoms with van der Waals surface area (Å²) in [6.07, 6.45) is 8.60. The summed E-state index contributed by atoms with van der Waals surface area (Å²) in [5.41, 5.74) is 1.92. The van der Waals surface area contributed by atoms with Crippen LogP contribution >= 0.6 is 0 Å². The molecular formula is C19H21N5. The minimum absolute atomic E-state index is 0.638. The van der Waals surface area contributed by atoms with Crippen LogP contribution in [-0.4, -0.2) is 28.0 Å². The van der Waals surface area contributed by atoms with Gasteiger partial charge in [-0.3, -0.25) is 4.98 Å². The number of fused-ring (bicyclic) bond motifs is 1. The Labute approximate surface area is 141 Å². The molecule has 1 aliphatic rings. The molecule has 0 amide bonds. The van der Waals surface area contributed by atoms with Crippen LogP contribution in [0.2, 0.25) is 0 Å². The van der Waals surface area contributed by atoms with Gasteiger partial charge >= 0.3 is 0 Å². The molecule has 3 aromatic rings. The summed E-state index contributed by atoms with van der Waals surface area (Å²) in [5, 5.41) is 4.43. The second-order valence-corrected chi connectivity index (χ2v) is 6.15. The highest BCUT2D eigenvalue weighted by Gasteiger charge is 2.16. The predicted molar refractivity (Wildman–Crippen MR) is 97.7 cm³/mol. The first kappa shape index (κ1) is 14.9. The molecule has 0 spiro atoms. The zero-order chi connectivity index (χ0) is 16.2.